The van der Waals surface area contributed by atoms with E-state index < -0.39 is 15.3 Å². The molecule has 7 heteroatoms. The van der Waals surface area contributed by atoms with Crippen molar-refractivity contribution >= 4 is 45.1 Å². The molecule has 176 valence electrons. The maximum absolute atomic E-state index is 11.8. The molecular formula is C27H24Cl2O4S. The monoisotopic (exact) mass is 514 g/mol. The van der Waals surface area contributed by atoms with E-state index >= 15 is 0 Å². The summed E-state index contributed by atoms with van der Waals surface area (Å²) in [6, 6.07) is 21.1. The summed E-state index contributed by atoms with van der Waals surface area (Å²) in [6.45, 7) is 0.638. The Kier molecular flexibility index (Phi) is 7.17. The summed E-state index contributed by atoms with van der Waals surface area (Å²) in [5.41, 5.74) is 4.06. The molecule has 3 aromatic carbocycles. The van der Waals surface area contributed by atoms with Crippen molar-refractivity contribution in [2.75, 3.05) is 12.9 Å². The van der Waals surface area contributed by atoms with Gasteiger partial charge in [0.25, 0.3) is 0 Å². The zero-order valence-electron chi connectivity index (χ0n) is 18.6. The standard InChI is InChI=1S/C23H18Cl2O2S.C4H6O2/c1-28(26,27)19-9-6-16(7-10-19)15-23(18-8-11-21(24)22(25)14-18)13-12-17-4-2-3-5-20(17)23;5-4-2-1-3-6-4/h2-14H,15H2,1H3;1-3H2. The lowest BCUT2D eigenvalue weighted by Gasteiger charge is -2.31. The Hall–Kier alpha value is -2.60. The van der Waals surface area contributed by atoms with E-state index in [2.05, 4.69) is 29.0 Å². The van der Waals surface area contributed by atoms with Crippen molar-refractivity contribution < 1.29 is 17.9 Å². The molecule has 1 fully saturated rings. The molecule has 1 saturated heterocycles. The van der Waals surface area contributed by atoms with Gasteiger partial charge in [-0.15, -0.1) is 0 Å². The normalized spacial score (nSPS) is 18.7. The van der Waals surface area contributed by atoms with Gasteiger partial charge in [0.05, 0.1) is 21.5 Å². The quantitative estimate of drug-likeness (QED) is 0.384. The molecule has 1 aliphatic heterocycles. The number of benzene rings is 3. The summed E-state index contributed by atoms with van der Waals surface area (Å²) in [4.78, 5) is 10.3. The number of ether oxygens (including phenoxy) is 1. The van der Waals surface area contributed by atoms with Crippen molar-refractivity contribution in [1.82, 2.24) is 0 Å². The van der Waals surface area contributed by atoms with Gasteiger partial charge in [-0.1, -0.05) is 77.8 Å². The summed E-state index contributed by atoms with van der Waals surface area (Å²) in [7, 11) is -3.22. The van der Waals surface area contributed by atoms with Crippen LogP contribution in [0.3, 0.4) is 0 Å². The predicted octanol–water partition coefficient (Wildman–Crippen LogP) is 6.28. The molecule has 1 atom stereocenters. The second-order valence-electron chi connectivity index (χ2n) is 8.44. The van der Waals surface area contributed by atoms with Crippen molar-refractivity contribution in [3.05, 3.63) is 105 Å². The Bertz CT molecular complexity index is 1340. The zero-order chi connectivity index (χ0) is 24.3. The van der Waals surface area contributed by atoms with E-state index in [0.717, 1.165) is 17.5 Å². The highest BCUT2D eigenvalue weighted by molar-refractivity contribution is 7.90. The maximum atomic E-state index is 11.8. The Morgan fingerprint density at radius 1 is 0.971 bits per heavy atom. The van der Waals surface area contributed by atoms with Gasteiger partial charge in [-0.2, -0.15) is 0 Å². The van der Waals surface area contributed by atoms with Crippen LogP contribution in [0.5, 0.6) is 0 Å². The highest BCUT2D eigenvalue weighted by Crippen LogP contribution is 2.45. The lowest BCUT2D eigenvalue weighted by Crippen LogP contribution is -2.26. The van der Waals surface area contributed by atoms with Gasteiger partial charge in [0, 0.05) is 18.1 Å². The largest absolute Gasteiger partial charge is 0.466 e. The highest BCUT2D eigenvalue weighted by Gasteiger charge is 2.37. The summed E-state index contributed by atoms with van der Waals surface area (Å²) < 4.78 is 28.0. The molecule has 1 aliphatic carbocycles. The number of allylic oxidation sites excluding steroid dienone is 1. The van der Waals surface area contributed by atoms with E-state index in [9.17, 15) is 13.2 Å². The predicted molar refractivity (Wildman–Crippen MR) is 136 cm³/mol. The van der Waals surface area contributed by atoms with Crippen molar-refractivity contribution in [3.63, 3.8) is 0 Å². The Morgan fingerprint density at radius 3 is 2.29 bits per heavy atom. The average Bonchev–Trinajstić information content (AvgIpc) is 3.44. The molecule has 3 aromatic rings. The first-order valence-corrected chi connectivity index (χ1v) is 13.5. The molecule has 0 spiro atoms. The third kappa shape index (κ3) is 5.22. The van der Waals surface area contributed by atoms with Crippen LogP contribution in [0, 0.1) is 0 Å². The van der Waals surface area contributed by atoms with Gasteiger partial charge in [0.15, 0.2) is 9.84 Å². The fraction of sp³-hybridized carbons (Fsp3) is 0.222. The maximum Gasteiger partial charge on any atom is 0.305 e. The van der Waals surface area contributed by atoms with E-state index in [1.807, 2.05) is 42.5 Å². The van der Waals surface area contributed by atoms with Crippen LogP contribution in [0.4, 0.5) is 0 Å². The van der Waals surface area contributed by atoms with Gasteiger partial charge in [0.1, 0.15) is 0 Å². The smallest absolute Gasteiger partial charge is 0.305 e. The number of fused-ring (bicyclic) bond motifs is 1. The zero-order valence-corrected chi connectivity index (χ0v) is 21.0. The summed E-state index contributed by atoms with van der Waals surface area (Å²) in [5.74, 6) is -0.0463. The summed E-state index contributed by atoms with van der Waals surface area (Å²) in [6.07, 6.45) is 7.76. The number of hydrogen-bond acceptors (Lipinski definition) is 4. The van der Waals surface area contributed by atoms with Crippen molar-refractivity contribution in [1.29, 1.82) is 0 Å². The van der Waals surface area contributed by atoms with Crippen molar-refractivity contribution in [3.8, 4) is 0 Å². The number of carbonyl (C=O) groups is 1. The molecule has 1 heterocycles. The minimum absolute atomic E-state index is 0.0463. The number of esters is 1. The van der Waals surface area contributed by atoms with Crippen LogP contribution >= 0.6 is 23.2 Å². The van der Waals surface area contributed by atoms with Gasteiger partial charge in [-0.05, 0) is 59.4 Å². The van der Waals surface area contributed by atoms with Gasteiger partial charge in [-0.25, -0.2) is 8.42 Å². The Labute approximate surface area is 210 Å². The SMILES string of the molecule is CS(=O)(=O)c1ccc(CC2(c3ccc(Cl)c(Cl)c3)C=Cc3ccccc32)cc1.O=C1CCCO1. The van der Waals surface area contributed by atoms with E-state index in [4.69, 9.17) is 23.2 Å². The lowest BCUT2D eigenvalue weighted by molar-refractivity contribution is -0.137. The van der Waals surface area contributed by atoms with Crippen LogP contribution in [0.1, 0.15) is 35.1 Å². The molecule has 5 rings (SSSR count). The molecule has 34 heavy (non-hydrogen) atoms. The van der Waals surface area contributed by atoms with Crippen LogP contribution in [0.25, 0.3) is 6.08 Å². The van der Waals surface area contributed by atoms with Crippen LogP contribution in [-0.2, 0) is 31.2 Å². The number of carbonyl (C=O) groups excluding carboxylic acids is 1. The molecule has 0 N–H and O–H groups in total. The van der Waals surface area contributed by atoms with Crippen LogP contribution in [0.15, 0.2) is 77.7 Å². The number of hydrogen-bond donors (Lipinski definition) is 0. The molecule has 2 aliphatic rings. The summed E-state index contributed by atoms with van der Waals surface area (Å²) in [5, 5.41) is 1.04. The summed E-state index contributed by atoms with van der Waals surface area (Å²) >= 11 is 12.5. The van der Waals surface area contributed by atoms with Crippen LogP contribution < -0.4 is 0 Å². The van der Waals surface area contributed by atoms with Gasteiger partial charge >= 0.3 is 5.97 Å². The lowest BCUT2D eigenvalue weighted by atomic mass is 9.72. The third-order valence-electron chi connectivity index (χ3n) is 6.05. The molecule has 0 bridgehead atoms. The molecule has 4 nitrogen and oxygen atoms in total. The fourth-order valence-corrected chi connectivity index (χ4v) is 5.23. The van der Waals surface area contributed by atoms with Crippen LogP contribution in [-0.4, -0.2) is 27.2 Å². The van der Waals surface area contributed by atoms with Gasteiger partial charge in [0.2, 0.25) is 0 Å². The van der Waals surface area contributed by atoms with E-state index in [1.165, 1.54) is 17.4 Å². The molecular weight excluding hydrogens is 491 g/mol. The molecule has 0 aromatic heterocycles. The second kappa shape index (κ2) is 9.95. The third-order valence-corrected chi connectivity index (χ3v) is 7.91. The first-order chi connectivity index (χ1) is 16.2. The second-order valence-corrected chi connectivity index (χ2v) is 11.3. The number of halogens is 2. The van der Waals surface area contributed by atoms with Crippen molar-refractivity contribution in [2.24, 2.45) is 0 Å². The topological polar surface area (TPSA) is 60.4 Å². The first kappa shape index (κ1) is 24.5. The van der Waals surface area contributed by atoms with Gasteiger partial charge < -0.3 is 4.74 Å². The Balaban J connectivity index is 0.000000398. The Morgan fingerprint density at radius 2 is 1.71 bits per heavy atom. The van der Waals surface area contributed by atoms with E-state index in [-0.39, 0.29) is 5.97 Å². The molecule has 1 unspecified atom stereocenters. The number of sulfone groups is 1. The van der Waals surface area contributed by atoms with E-state index in [1.54, 1.807) is 12.1 Å². The number of rotatable bonds is 4. The van der Waals surface area contributed by atoms with Crippen molar-refractivity contribution in [2.45, 2.75) is 29.6 Å². The highest BCUT2D eigenvalue weighted by atomic mass is 35.5. The minimum Gasteiger partial charge on any atom is -0.466 e. The minimum atomic E-state index is -3.22. The van der Waals surface area contributed by atoms with E-state index in [0.29, 0.717) is 34.4 Å². The van der Waals surface area contributed by atoms with Gasteiger partial charge in [-0.3, -0.25) is 4.79 Å². The van der Waals surface area contributed by atoms with Crippen LogP contribution in [0.2, 0.25) is 10.0 Å². The average molecular weight is 515 g/mol. The molecule has 0 radical (unpaired) electrons. The molecule has 0 amide bonds. The fourth-order valence-electron chi connectivity index (χ4n) is 4.30. The molecule has 0 saturated carbocycles. The number of cyclic esters (lactones) is 1. The first-order valence-electron chi connectivity index (χ1n) is 10.9.